The number of allylic oxidation sites excluding steroid dienone is 1. The van der Waals surface area contributed by atoms with E-state index in [1.165, 1.54) is 18.2 Å². The van der Waals surface area contributed by atoms with Crippen molar-refractivity contribution >= 4 is 5.83 Å². The summed E-state index contributed by atoms with van der Waals surface area (Å²) in [5.41, 5.74) is 2.05. The predicted molar refractivity (Wildman–Crippen MR) is 133 cm³/mol. The molecule has 4 rings (SSSR count). The van der Waals surface area contributed by atoms with Crippen LogP contribution in [0.5, 0.6) is 5.75 Å². The van der Waals surface area contributed by atoms with Crippen molar-refractivity contribution < 1.29 is 39.9 Å². The predicted octanol–water partition coefficient (Wildman–Crippen LogP) is 10.5. The molecule has 0 saturated heterocycles. The van der Waals surface area contributed by atoms with Gasteiger partial charge < -0.3 is 4.74 Å². The molecule has 3 aromatic carbocycles. The van der Waals surface area contributed by atoms with Crippen molar-refractivity contribution in [2.45, 2.75) is 63.6 Å². The van der Waals surface area contributed by atoms with Crippen LogP contribution in [0, 0.1) is 17.5 Å². The van der Waals surface area contributed by atoms with E-state index in [-0.39, 0.29) is 29.4 Å². The van der Waals surface area contributed by atoms with Crippen LogP contribution in [0.2, 0.25) is 0 Å². The van der Waals surface area contributed by atoms with E-state index in [9.17, 15) is 30.7 Å². The fourth-order valence-electron chi connectivity index (χ4n) is 5.10. The number of rotatable bonds is 7. The molecule has 0 unspecified atom stereocenters. The lowest BCUT2D eigenvalue weighted by atomic mass is 9.76. The van der Waals surface area contributed by atoms with Crippen LogP contribution in [-0.2, 0) is 0 Å². The molecule has 1 nitrogen and oxygen atoms in total. The summed E-state index contributed by atoms with van der Waals surface area (Å²) in [5.74, 6) is -6.90. The quantitative estimate of drug-likeness (QED) is 0.264. The molecule has 1 fully saturated rings. The molecule has 0 amide bonds. The first kappa shape index (κ1) is 28.6. The third kappa shape index (κ3) is 6.81. The Balaban J connectivity index is 1.43. The molecule has 39 heavy (non-hydrogen) atoms. The minimum atomic E-state index is -5.22. The van der Waals surface area contributed by atoms with Crippen molar-refractivity contribution in [2.75, 3.05) is 0 Å². The summed E-state index contributed by atoms with van der Waals surface area (Å²) in [4.78, 5) is 0. The highest BCUT2D eigenvalue weighted by molar-refractivity contribution is 5.68. The summed E-state index contributed by atoms with van der Waals surface area (Å²) in [7, 11) is 0. The van der Waals surface area contributed by atoms with E-state index >= 15 is 4.39 Å². The van der Waals surface area contributed by atoms with E-state index < -0.39 is 41.2 Å². The second-order valence-electron chi connectivity index (χ2n) is 9.69. The maximum absolute atomic E-state index is 15.1. The molecule has 0 atom stereocenters. The number of alkyl halides is 3. The highest BCUT2D eigenvalue weighted by Gasteiger charge is 2.35. The van der Waals surface area contributed by atoms with Crippen molar-refractivity contribution in [3.05, 3.63) is 94.6 Å². The molecule has 208 valence electrons. The lowest BCUT2D eigenvalue weighted by molar-refractivity contribution is -0.276. The average Bonchev–Trinajstić information content (AvgIpc) is 2.90. The normalized spacial score (nSPS) is 18.6. The molecule has 0 aromatic heterocycles. The van der Waals surface area contributed by atoms with Gasteiger partial charge in [-0.15, -0.1) is 13.2 Å². The van der Waals surface area contributed by atoms with Crippen molar-refractivity contribution in [1.29, 1.82) is 0 Å². The van der Waals surface area contributed by atoms with Crippen molar-refractivity contribution in [1.82, 2.24) is 0 Å². The molecule has 0 aliphatic heterocycles. The third-order valence-corrected chi connectivity index (χ3v) is 7.06. The largest absolute Gasteiger partial charge is 0.573 e. The van der Waals surface area contributed by atoms with Crippen LogP contribution in [0.1, 0.15) is 74.0 Å². The topological polar surface area (TPSA) is 9.23 Å². The monoisotopic (exact) mass is 554 g/mol. The summed E-state index contributed by atoms with van der Waals surface area (Å²) in [6, 6.07) is 12.6. The molecule has 1 aliphatic carbocycles. The van der Waals surface area contributed by atoms with E-state index in [1.807, 2.05) is 0 Å². The lowest BCUT2D eigenvalue weighted by Gasteiger charge is -2.29. The summed E-state index contributed by atoms with van der Waals surface area (Å²) < 4.78 is 112. The van der Waals surface area contributed by atoms with Gasteiger partial charge in [0.15, 0.2) is 17.5 Å². The van der Waals surface area contributed by atoms with Gasteiger partial charge in [-0.05, 0) is 84.4 Å². The molecule has 1 saturated carbocycles. The van der Waals surface area contributed by atoms with Gasteiger partial charge in [0.2, 0.25) is 5.75 Å². The highest BCUT2D eigenvalue weighted by Crippen LogP contribution is 2.43. The molecule has 0 heterocycles. The smallest absolute Gasteiger partial charge is 0.399 e. The van der Waals surface area contributed by atoms with Crippen molar-refractivity contribution in [3.63, 3.8) is 0 Å². The van der Waals surface area contributed by atoms with E-state index in [0.717, 1.165) is 12.1 Å². The van der Waals surface area contributed by atoms with Gasteiger partial charge in [-0.25, -0.2) is 22.0 Å². The Labute approximate surface area is 221 Å². The van der Waals surface area contributed by atoms with Crippen LogP contribution in [-0.4, -0.2) is 6.36 Å². The molecule has 0 bridgehead atoms. The van der Waals surface area contributed by atoms with Crippen LogP contribution in [0.25, 0.3) is 17.0 Å². The van der Waals surface area contributed by atoms with Gasteiger partial charge in [0.25, 0.3) is 0 Å². The van der Waals surface area contributed by atoms with Crippen LogP contribution in [0.4, 0.5) is 35.1 Å². The molecule has 0 radical (unpaired) electrons. The average molecular weight is 555 g/mol. The van der Waals surface area contributed by atoms with E-state index in [1.54, 1.807) is 31.2 Å². The number of halogens is 8. The summed E-state index contributed by atoms with van der Waals surface area (Å²) >= 11 is 0. The Morgan fingerprint density at radius 2 is 1.33 bits per heavy atom. The van der Waals surface area contributed by atoms with Gasteiger partial charge in [-0.1, -0.05) is 43.3 Å². The minimum Gasteiger partial charge on any atom is -0.399 e. The molecule has 9 heteroatoms. The number of hydrogen-bond acceptors (Lipinski definition) is 1. The van der Waals surface area contributed by atoms with Crippen LogP contribution >= 0.6 is 0 Å². The van der Waals surface area contributed by atoms with Crippen LogP contribution < -0.4 is 4.74 Å². The Morgan fingerprint density at radius 3 is 1.87 bits per heavy atom. The zero-order valence-electron chi connectivity index (χ0n) is 21.0. The molecule has 3 aromatic rings. The Hall–Kier alpha value is -3.36. The third-order valence-electron chi connectivity index (χ3n) is 7.06. The van der Waals surface area contributed by atoms with Gasteiger partial charge in [0.1, 0.15) is 11.6 Å². The molecular formula is C30H26F8O. The van der Waals surface area contributed by atoms with Crippen molar-refractivity contribution in [3.8, 4) is 16.9 Å². The van der Waals surface area contributed by atoms with Gasteiger partial charge in [-0.3, -0.25) is 0 Å². The first-order chi connectivity index (χ1) is 18.5. The Bertz CT molecular complexity index is 1310. The zero-order chi connectivity index (χ0) is 28.3. The van der Waals surface area contributed by atoms with E-state index in [0.29, 0.717) is 48.8 Å². The standard InChI is InChI=1S/C30H26F8O/c1-2-3-24(31)28(35)20-10-6-17(7-11-20)21-12-13-23(25(32)14-21)19-8-4-18(5-9-19)22-15-26(33)29(27(34)16-22)39-30(36,37)38/h6-7,10-16,18-19H,2-5,8-9H2,1H3/b28-24+. The maximum atomic E-state index is 15.1. The molecule has 0 N–H and O–H groups in total. The molecule has 0 spiro atoms. The van der Waals surface area contributed by atoms with Crippen molar-refractivity contribution in [2.24, 2.45) is 0 Å². The second-order valence-corrected chi connectivity index (χ2v) is 9.69. The second kappa shape index (κ2) is 11.8. The van der Waals surface area contributed by atoms with Crippen LogP contribution in [0.15, 0.2) is 60.4 Å². The number of benzene rings is 3. The zero-order valence-corrected chi connectivity index (χ0v) is 21.0. The van der Waals surface area contributed by atoms with E-state index in [2.05, 4.69) is 4.74 Å². The summed E-state index contributed by atoms with van der Waals surface area (Å²) in [5, 5.41) is 0. The van der Waals surface area contributed by atoms with E-state index in [4.69, 9.17) is 0 Å². The fraction of sp³-hybridized carbons (Fsp3) is 0.333. The van der Waals surface area contributed by atoms with Gasteiger partial charge in [0, 0.05) is 12.0 Å². The minimum absolute atomic E-state index is 0.0130. The highest BCUT2D eigenvalue weighted by atomic mass is 19.4. The summed E-state index contributed by atoms with van der Waals surface area (Å²) in [6.07, 6.45) is -2.73. The van der Waals surface area contributed by atoms with Gasteiger partial charge in [0.05, 0.1) is 0 Å². The maximum Gasteiger partial charge on any atom is 0.573 e. The first-order valence-corrected chi connectivity index (χ1v) is 12.7. The fourth-order valence-corrected chi connectivity index (χ4v) is 5.10. The molecule has 1 aliphatic rings. The molecular weight excluding hydrogens is 528 g/mol. The van der Waals surface area contributed by atoms with Gasteiger partial charge in [-0.2, -0.15) is 0 Å². The van der Waals surface area contributed by atoms with Gasteiger partial charge >= 0.3 is 6.36 Å². The van der Waals surface area contributed by atoms with Crippen LogP contribution in [0.3, 0.4) is 0 Å². The summed E-state index contributed by atoms with van der Waals surface area (Å²) in [6.45, 7) is 1.75. The Kier molecular flexibility index (Phi) is 8.67. The SMILES string of the molecule is CCC/C(F)=C(\F)c1ccc(-c2ccc(C3CCC(c4cc(F)c(OC(F)(F)F)c(F)c4)CC3)c(F)c2)cc1. The Morgan fingerprint density at radius 1 is 0.769 bits per heavy atom. The number of ether oxygens (including phenoxy) is 1. The number of hydrogen-bond donors (Lipinski definition) is 0. The first-order valence-electron chi connectivity index (χ1n) is 12.7. The lowest BCUT2D eigenvalue weighted by Crippen LogP contribution is -2.19.